The van der Waals surface area contributed by atoms with E-state index in [0.717, 1.165) is 10.0 Å². The molecule has 0 radical (unpaired) electrons. The number of aliphatic carboxylic acids is 1. The number of hydrogen-bond acceptors (Lipinski definition) is 2. The molecule has 0 bridgehead atoms. The lowest BCUT2D eigenvalue weighted by Gasteiger charge is -2.30. The van der Waals surface area contributed by atoms with E-state index in [1.54, 1.807) is 11.9 Å². The van der Waals surface area contributed by atoms with Gasteiger partial charge >= 0.3 is 5.97 Å². The molecule has 1 aromatic rings. The van der Waals surface area contributed by atoms with Gasteiger partial charge in [-0.25, -0.2) is 0 Å². The predicted molar refractivity (Wildman–Crippen MR) is 81.7 cm³/mol. The van der Waals surface area contributed by atoms with Gasteiger partial charge in [-0.3, -0.25) is 9.59 Å². The third-order valence-electron chi connectivity index (χ3n) is 3.33. The lowest BCUT2D eigenvalue weighted by Crippen LogP contribution is -2.41. The number of carboxylic acid groups (broad SMARTS) is 1. The highest BCUT2D eigenvalue weighted by Crippen LogP contribution is 2.26. The monoisotopic (exact) mass is 341 g/mol. The first-order valence-corrected chi connectivity index (χ1v) is 7.28. The number of nitrogens with zero attached hydrogens (tertiary/aromatic N) is 1. The van der Waals surface area contributed by atoms with Gasteiger partial charge in [0.1, 0.15) is 0 Å². The molecule has 110 valence electrons. The first-order valence-electron chi connectivity index (χ1n) is 6.48. The topological polar surface area (TPSA) is 57.6 Å². The van der Waals surface area contributed by atoms with Crippen LogP contribution in [-0.4, -0.2) is 35.5 Å². The van der Waals surface area contributed by atoms with E-state index in [1.807, 2.05) is 38.1 Å². The van der Waals surface area contributed by atoms with Gasteiger partial charge < -0.3 is 10.0 Å². The summed E-state index contributed by atoms with van der Waals surface area (Å²) in [6.45, 7) is 4.21. The molecule has 0 saturated heterocycles. The van der Waals surface area contributed by atoms with Gasteiger partial charge in [-0.1, -0.05) is 28.1 Å². The summed E-state index contributed by atoms with van der Waals surface area (Å²) in [6.07, 6.45) is 0.546. The SMILES string of the molecule is CN(CCCC(=O)O)C(=O)C(C)(C)c1ccc(Br)cc1. The van der Waals surface area contributed by atoms with Gasteiger partial charge in [0, 0.05) is 24.5 Å². The Kier molecular flexibility index (Phi) is 5.74. The fourth-order valence-electron chi connectivity index (χ4n) is 2.04. The fourth-order valence-corrected chi connectivity index (χ4v) is 2.30. The molecule has 0 atom stereocenters. The minimum atomic E-state index is -0.835. The number of hydrogen-bond donors (Lipinski definition) is 1. The molecule has 1 rings (SSSR count). The molecule has 5 heteroatoms. The third-order valence-corrected chi connectivity index (χ3v) is 3.86. The van der Waals surface area contributed by atoms with Crippen molar-refractivity contribution < 1.29 is 14.7 Å². The number of carbonyl (C=O) groups is 2. The fraction of sp³-hybridized carbons (Fsp3) is 0.467. The van der Waals surface area contributed by atoms with E-state index in [9.17, 15) is 9.59 Å². The summed E-state index contributed by atoms with van der Waals surface area (Å²) in [5.41, 5.74) is 0.314. The molecule has 0 heterocycles. The number of carboxylic acids is 1. The lowest BCUT2D eigenvalue weighted by atomic mass is 9.83. The Hall–Kier alpha value is -1.36. The molecule has 1 amide bonds. The van der Waals surface area contributed by atoms with Crippen LogP contribution in [0.3, 0.4) is 0 Å². The summed E-state index contributed by atoms with van der Waals surface area (Å²) in [6, 6.07) is 7.67. The highest BCUT2D eigenvalue weighted by molar-refractivity contribution is 9.10. The highest BCUT2D eigenvalue weighted by Gasteiger charge is 2.32. The van der Waals surface area contributed by atoms with Crippen molar-refractivity contribution in [1.29, 1.82) is 0 Å². The molecular formula is C15H20BrNO3. The molecule has 0 aromatic heterocycles. The van der Waals surface area contributed by atoms with Crippen LogP contribution >= 0.6 is 15.9 Å². The smallest absolute Gasteiger partial charge is 0.303 e. The second-order valence-electron chi connectivity index (χ2n) is 5.36. The molecule has 1 aromatic carbocycles. The summed E-state index contributed by atoms with van der Waals surface area (Å²) in [7, 11) is 1.71. The first-order chi connectivity index (χ1) is 9.25. The van der Waals surface area contributed by atoms with E-state index in [4.69, 9.17) is 5.11 Å². The number of benzene rings is 1. The number of amides is 1. The van der Waals surface area contributed by atoms with Crippen molar-refractivity contribution in [2.45, 2.75) is 32.1 Å². The second-order valence-corrected chi connectivity index (χ2v) is 6.27. The van der Waals surface area contributed by atoms with Crippen LogP contribution in [0.4, 0.5) is 0 Å². The van der Waals surface area contributed by atoms with Gasteiger partial charge in [-0.05, 0) is 38.0 Å². The van der Waals surface area contributed by atoms with E-state index in [-0.39, 0.29) is 12.3 Å². The number of carbonyl (C=O) groups excluding carboxylic acids is 1. The zero-order valence-electron chi connectivity index (χ0n) is 12.0. The summed E-state index contributed by atoms with van der Waals surface area (Å²) in [5.74, 6) is -0.844. The molecule has 0 aliphatic carbocycles. The van der Waals surface area contributed by atoms with E-state index < -0.39 is 11.4 Å². The van der Waals surface area contributed by atoms with Gasteiger partial charge in [-0.2, -0.15) is 0 Å². The minimum Gasteiger partial charge on any atom is -0.481 e. The molecule has 0 spiro atoms. The Labute approximate surface area is 127 Å². The van der Waals surface area contributed by atoms with Crippen molar-refractivity contribution in [3.8, 4) is 0 Å². The Morgan fingerprint density at radius 2 is 1.80 bits per heavy atom. The van der Waals surface area contributed by atoms with Crippen LogP contribution in [0, 0.1) is 0 Å². The maximum atomic E-state index is 12.5. The quantitative estimate of drug-likeness (QED) is 0.864. The summed E-state index contributed by atoms with van der Waals surface area (Å²) < 4.78 is 0.972. The van der Waals surface area contributed by atoms with E-state index in [1.165, 1.54) is 0 Å². The average molecular weight is 342 g/mol. The zero-order valence-corrected chi connectivity index (χ0v) is 13.6. The molecular weight excluding hydrogens is 322 g/mol. The van der Waals surface area contributed by atoms with Gasteiger partial charge in [0.05, 0.1) is 5.41 Å². The van der Waals surface area contributed by atoms with E-state index >= 15 is 0 Å². The van der Waals surface area contributed by atoms with Crippen LogP contribution in [0.25, 0.3) is 0 Å². The Morgan fingerprint density at radius 3 is 2.30 bits per heavy atom. The van der Waals surface area contributed by atoms with Crippen LogP contribution in [0.1, 0.15) is 32.3 Å². The summed E-state index contributed by atoms with van der Waals surface area (Å²) >= 11 is 3.37. The Bertz CT molecular complexity index is 482. The maximum Gasteiger partial charge on any atom is 0.303 e. The second kappa shape index (κ2) is 6.88. The molecule has 0 unspecified atom stereocenters. The summed E-state index contributed by atoms with van der Waals surface area (Å²) in [5, 5.41) is 8.62. The minimum absolute atomic E-state index is 0.00906. The van der Waals surface area contributed by atoms with Gasteiger partial charge in [0.2, 0.25) is 5.91 Å². The number of likely N-dealkylation sites (N-methyl/N-ethyl adjacent to an activating group) is 1. The van der Waals surface area contributed by atoms with Crippen molar-refractivity contribution >= 4 is 27.8 Å². The standard InChI is InChI=1S/C15H20BrNO3/c1-15(2,11-6-8-12(16)9-7-11)14(20)17(3)10-4-5-13(18)19/h6-9H,4-5,10H2,1-3H3,(H,18,19). The number of rotatable bonds is 6. The highest BCUT2D eigenvalue weighted by atomic mass is 79.9. The molecule has 0 fully saturated rings. The zero-order chi connectivity index (χ0) is 15.3. The number of halogens is 1. The van der Waals surface area contributed by atoms with Crippen LogP contribution in [-0.2, 0) is 15.0 Å². The normalized spacial score (nSPS) is 11.2. The van der Waals surface area contributed by atoms with Crippen LogP contribution in [0.5, 0.6) is 0 Å². The van der Waals surface area contributed by atoms with E-state index in [0.29, 0.717) is 13.0 Å². The molecule has 20 heavy (non-hydrogen) atoms. The average Bonchev–Trinajstić information content (AvgIpc) is 2.37. The summed E-state index contributed by atoms with van der Waals surface area (Å²) in [4.78, 5) is 24.6. The maximum absolute atomic E-state index is 12.5. The molecule has 0 aliphatic heterocycles. The van der Waals surface area contributed by atoms with Crippen molar-refractivity contribution in [2.24, 2.45) is 0 Å². The Morgan fingerprint density at radius 1 is 1.25 bits per heavy atom. The van der Waals surface area contributed by atoms with Crippen molar-refractivity contribution in [1.82, 2.24) is 4.90 Å². The predicted octanol–water partition coefficient (Wildman–Crippen LogP) is 3.05. The van der Waals surface area contributed by atoms with Gasteiger partial charge in [-0.15, -0.1) is 0 Å². The molecule has 1 N–H and O–H groups in total. The van der Waals surface area contributed by atoms with E-state index in [2.05, 4.69) is 15.9 Å². The largest absolute Gasteiger partial charge is 0.481 e. The van der Waals surface area contributed by atoms with Gasteiger partial charge in [0.15, 0.2) is 0 Å². The van der Waals surface area contributed by atoms with Crippen LogP contribution < -0.4 is 0 Å². The van der Waals surface area contributed by atoms with Crippen molar-refractivity contribution in [3.63, 3.8) is 0 Å². The first kappa shape index (κ1) is 16.7. The molecule has 0 saturated carbocycles. The van der Waals surface area contributed by atoms with Crippen LogP contribution in [0.15, 0.2) is 28.7 Å². The Balaban J connectivity index is 2.73. The van der Waals surface area contributed by atoms with Crippen LogP contribution in [0.2, 0.25) is 0 Å². The van der Waals surface area contributed by atoms with Crippen molar-refractivity contribution in [2.75, 3.05) is 13.6 Å². The molecule has 0 aliphatic rings. The third kappa shape index (κ3) is 4.34. The van der Waals surface area contributed by atoms with Crippen molar-refractivity contribution in [3.05, 3.63) is 34.3 Å². The molecule has 4 nitrogen and oxygen atoms in total. The van der Waals surface area contributed by atoms with Gasteiger partial charge in [0.25, 0.3) is 0 Å². The lowest BCUT2D eigenvalue weighted by molar-refractivity contribution is -0.139.